The van der Waals surface area contributed by atoms with Crippen molar-refractivity contribution >= 4 is 21.6 Å². The van der Waals surface area contributed by atoms with E-state index in [1.807, 2.05) is 6.20 Å². The van der Waals surface area contributed by atoms with Crippen molar-refractivity contribution in [1.82, 2.24) is 10.3 Å². The highest BCUT2D eigenvalue weighted by molar-refractivity contribution is 7.17. The molecule has 0 aliphatic carbocycles. The molecule has 2 unspecified atom stereocenters. The number of nitrogens with zero attached hydrogens (tertiary/aromatic N) is 1. The van der Waals surface area contributed by atoms with Gasteiger partial charge in [-0.05, 0) is 49.8 Å². The molecule has 3 heterocycles. The van der Waals surface area contributed by atoms with Gasteiger partial charge in [0.25, 0.3) is 0 Å². The lowest BCUT2D eigenvalue weighted by Crippen LogP contribution is -2.38. The summed E-state index contributed by atoms with van der Waals surface area (Å²) in [6, 6.07) is 4.61. The summed E-state index contributed by atoms with van der Waals surface area (Å²) in [7, 11) is 0. The van der Waals surface area contributed by atoms with Crippen LogP contribution in [0, 0.1) is 0 Å². The molecule has 1 saturated heterocycles. The average molecular weight is 276 g/mol. The van der Waals surface area contributed by atoms with Crippen molar-refractivity contribution in [2.75, 3.05) is 13.2 Å². The summed E-state index contributed by atoms with van der Waals surface area (Å²) in [4.78, 5) is 4.50. The van der Waals surface area contributed by atoms with Gasteiger partial charge >= 0.3 is 0 Å². The number of hydrogen-bond donors (Lipinski definition) is 1. The van der Waals surface area contributed by atoms with Gasteiger partial charge in [-0.15, -0.1) is 11.3 Å². The summed E-state index contributed by atoms with van der Waals surface area (Å²) in [5.74, 6) is 0. The zero-order chi connectivity index (χ0) is 13.3. The minimum atomic E-state index is 0.00865. The lowest BCUT2D eigenvalue weighted by atomic mass is 10.0. The fourth-order valence-electron chi connectivity index (χ4n) is 2.56. The Morgan fingerprint density at radius 3 is 3.26 bits per heavy atom. The Bertz CT molecular complexity index is 560. The van der Waals surface area contributed by atoms with Crippen LogP contribution in [0.25, 0.3) is 10.2 Å². The van der Waals surface area contributed by atoms with Gasteiger partial charge in [0.05, 0.1) is 15.8 Å². The van der Waals surface area contributed by atoms with Gasteiger partial charge in [-0.2, -0.15) is 0 Å². The summed E-state index contributed by atoms with van der Waals surface area (Å²) >= 11 is 1.75. The molecule has 0 aromatic carbocycles. The molecule has 2 aromatic heterocycles. The minimum absolute atomic E-state index is 0.00865. The molecule has 2 atom stereocenters. The third-order valence-electron chi connectivity index (χ3n) is 3.91. The predicted octanol–water partition coefficient (Wildman–Crippen LogP) is 3.52. The van der Waals surface area contributed by atoms with E-state index in [1.165, 1.54) is 16.7 Å². The van der Waals surface area contributed by atoms with E-state index in [0.29, 0.717) is 6.04 Å². The predicted molar refractivity (Wildman–Crippen MR) is 79.6 cm³/mol. The molecule has 0 bridgehead atoms. The Morgan fingerprint density at radius 1 is 1.58 bits per heavy atom. The van der Waals surface area contributed by atoms with Crippen molar-refractivity contribution in [1.29, 1.82) is 0 Å². The van der Waals surface area contributed by atoms with Gasteiger partial charge < -0.3 is 10.1 Å². The Kier molecular flexibility index (Phi) is 3.56. The summed E-state index contributed by atoms with van der Waals surface area (Å²) in [5.41, 5.74) is 2.35. The minimum Gasteiger partial charge on any atom is -0.374 e. The number of hydrogen-bond acceptors (Lipinski definition) is 4. The highest BCUT2D eigenvalue weighted by Crippen LogP contribution is 2.26. The quantitative estimate of drug-likeness (QED) is 0.928. The molecule has 0 radical (unpaired) electrons. The fourth-order valence-corrected chi connectivity index (χ4v) is 3.35. The standard InChI is InChI=1S/C15H20N2OS/c1-11(17-10-15(2)5-3-6-18-15)12-8-14-13(16-9-12)4-7-19-14/h4,7-9,11,17H,3,5-6,10H2,1-2H3. The van der Waals surface area contributed by atoms with Gasteiger partial charge in [0.15, 0.2) is 0 Å². The number of rotatable bonds is 4. The van der Waals surface area contributed by atoms with E-state index in [4.69, 9.17) is 4.74 Å². The molecule has 0 amide bonds. The van der Waals surface area contributed by atoms with Crippen LogP contribution in [0.15, 0.2) is 23.7 Å². The molecule has 0 spiro atoms. The number of nitrogens with one attached hydrogen (secondary N) is 1. The smallest absolute Gasteiger partial charge is 0.0809 e. The lowest BCUT2D eigenvalue weighted by Gasteiger charge is -2.26. The lowest BCUT2D eigenvalue weighted by molar-refractivity contribution is 0.0191. The van der Waals surface area contributed by atoms with Crippen LogP contribution >= 0.6 is 11.3 Å². The molecule has 3 rings (SSSR count). The van der Waals surface area contributed by atoms with E-state index < -0.39 is 0 Å². The molecule has 1 aliphatic rings. The molecule has 1 N–H and O–H groups in total. The highest BCUT2D eigenvalue weighted by Gasteiger charge is 2.29. The van der Waals surface area contributed by atoms with Crippen LogP contribution in [-0.4, -0.2) is 23.7 Å². The van der Waals surface area contributed by atoms with Gasteiger partial charge in [0.1, 0.15) is 0 Å². The van der Waals surface area contributed by atoms with Crippen LogP contribution in [0.5, 0.6) is 0 Å². The van der Waals surface area contributed by atoms with Crippen molar-refractivity contribution < 1.29 is 4.74 Å². The molecular formula is C15H20N2OS. The van der Waals surface area contributed by atoms with E-state index in [-0.39, 0.29) is 5.60 Å². The summed E-state index contributed by atoms with van der Waals surface area (Å²) in [6.45, 7) is 6.18. The monoisotopic (exact) mass is 276 g/mol. The third-order valence-corrected chi connectivity index (χ3v) is 4.76. The zero-order valence-corrected chi connectivity index (χ0v) is 12.3. The Balaban J connectivity index is 1.67. The van der Waals surface area contributed by atoms with Crippen LogP contribution < -0.4 is 5.32 Å². The average Bonchev–Trinajstić information content (AvgIpc) is 3.04. The van der Waals surface area contributed by atoms with Gasteiger partial charge in [0.2, 0.25) is 0 Å². The summed E-state index contributed by atoms with van der Waals surface area (Å²) < 4.78 is 7.07. The molecule has 19 heavy (non-hydrogen) atoms. The zero-order valence-electron chi connectivity index (χ0n) is 11.5. The van der Waals surface area contributed by atoms with Crippen LogP contribution in [-0.2, 0) is 4.74 Å². The topological polar surface area (TPSA) is 34.1 Å². The highest BCUT2D eigenvalue weighted by atomic mass is 32.1. The Morgan fingerprint density at radius 2 is 2.47 bits per heavy atom. The van der Waals surface area contributed by atoms with E-state index >= 15 is 0 Å². The Labute approximate surface area is 118 Å². The first-order chi connectivity index (χ1) is 9.16. The molecule has 4 heteroatoms. The van der Waals surface area contributed by atoms with Crippen LogP contribution in [0.2, 0.25) is 0 Å². The molecule has 1 aliphatic heterocycles. The van der Waals surface area contributed by atoms with E-state index in [0.717, 1.165) is 25.1 Å². The molecule has 2 aromatic rings. The summed E-state index contributed by atoms with van der Waals surface area (Å²) in [5, 5.41) is 5.67. The maximum absolute atomic E-state index is 5.81. The SMILES string of the molecule is CC(NCC1(C)CCCO1)c1cnc2ccsc2c1. The van der Waals surface area contributed by atoms with Crippen LogP contribution in [0.3, 0.4) is 0 Å². The first-order valence-corrected chi connectivity index (χ1v) is 7.75. The number of fused-ring (bicyclic) bond motifs is 1. The van der Waals surface area contributed by atoms with Crippen molar-refractivity contribution in [2.45, 2.75) is 38.3 Å². The van der Waals surface area contributed by atoms with Crippen LogP contribution in [0.1, 0.15) is 38.3 Å². The van der Waals surface area contributed by atoms with Crippen molar-refractivity contribution in [3.05, 3.63) is 29.3 Å². The molecule has 3 nitrogen and oxygen atoms in total. The van der Waals surface area contributed by atoms with Crippen LogP contribution in [0.4, 0.5) is 0 Å². The van der Waals surface area contributed by atoms with E-state index in [2.05, 4.69) is 41.7 Å². The van der Waals surface area contributed by atoms with Gasteiger partial charge in [-0.3, -0.25) is 4.98 Å². The molecular weight excluding hydrogens is 256 g/mol. The second-order valence-corrected chi connectivity index (χ2v) is 6.52. The largest absolute Gasteiger partial charge is 0.374 e. The van der Waals surface area contributed by atoms with Crippen molar-refractivity contribution in [3.8, 4) is 0 Å². The molecule has 102 valence electrons. The first kappa shape index (κ1) is 13.0. The number of pyridine rings is 1. The first-order valence-electron chi connectivity index (χ1n) is 6.87. The third kappa shape index (κ3) is 2.81. The Hall–Kier alpha value is -0.970. The van der Waals surface area contributed by atoms with Crippen molar-refractivity contribution in [3.63, 3.8) is 0 Å². The maximum atomic E-state index is 5.81. The maximum Gasteiger partial charge on any atom is 0.0809 e. The van der Waals surface area contributed by atoms with E-state index in [9.17, 15) is 0 Å². The number of ether oxygens (including phenoxy) is 1. The summed E-state index contributed by atoms with van der Waals surface area (Å²) in [6.07, 6.45) is 4.30. The fraction of sp³-hybridized carbons (Fsp3) is 0.533. The normalized spacial score (nSPS) is 24.9. The number of thiophene rings is 1. The van der Waals surface area contributed by atoms with Crippen molar-refractivity contribution in [2.24, 2.45) is 0 Å². The van der Waals surface area contributed by atoms with E-state index in [1.54, 1.807) is 11.3 Å². The second-order valence-electron chi connectivity index (χ2n) is 5.58. The van der Waals surface area contributed by atoms with Gasteiger partial charge in [0, 0.05) is 25.4 Å². The molecule has 0 saturated carbocycles. The number of aromatic nitrogens is 1. The van der Waals surface area contributed by atoms with Gasteiger partial charge in [-0.1, -0.05) is 0 Å². The second kappa shape index (κ2) is 5.19. The molecule has 1 fully saturated rings. The van der Waals surface area contributed by atoms with Gasteiger partial charge in [-0.25, -0.2) is 0 Å².